The molecule has 1 aromatic carbocycles. The Bertz CT molecular complexity index is 711. The number of nitrogens with two attached hydrogens (primary N) is 1. The summed E-state index contributed by atoms with van der Waals surface area (Å²) in [6, 6.07) is 4.35. The van der Waals surface area contributed by atoms with Crippen molar-refractivity contribution in [2.24, 2.45) is 0 Å². The number of nitrogens with one attached hydrogen (secondary N) is 1. The summed E-state index contributed by atoms with van der Waals surface area (Å²) in [5.74, 6) is -0.298. The predicted molar refractivity (Wildman–Crippen MR) is 105 cm³/mol. The first-order valence-corrected chi connectivity index (χ1v) is 10.8. The van der Waals surface area contributed by atoms with Crippen molar-refractivity contribution in [1.29, 1.82) is 0 Å². The van der Waals surface area contributed by atoms with Crippen LogP contribution in [0.3, 0.4) is 0 Å². The fraction of sp³-hybridized carbons (Fsp3) is 0.611. The molecule has 148 valence electrons. The Morgan fingerprint density at radius 2 is 1.85 bits per heavy atom. The van der Waals surface area contributed by atoms with Gasteiger partial charge in [0.1, 0.15) is 4.90 Å². The van der Waals surface area contributed by atoms with Crippen LogP contribution >= 0.6 is 11.6 Å². The molecule has 0 saturated carbocycles. The van der Waals surface area contributed by atoms with E-state index in [0.717, 1.165) is 13.0 Å². The summed E-state index contributed by atoms with van der Waals surface area (Å²) < 4.78 is 26.7. The molecule has 3 N–H and O–H groups in total. The topological polar surface area (TPSA) is 83.1 Å². The Balaban J connectivity index is 2.82. The van der Waals surface area contributed by atoms with Crippen LogP contribution in [0.25, 0.3) is 0 Å². The molecule has 0 radical (unpaired) electrons. The first kappa shape index (κ1) is 22.9. The third-order valence-electron chi connectivity index (χ3n) is 3.94. The lowest BCUT2D eigenvalue weighted by Crippen LogP contribution is -2.94. The zero-order chi connectivity index (χ0) is 20.0. The fourth-order valence-electron chi connectivity index (χ4n) is 2.49. The lowest BCUT2D eigenvalue weighted by atomic mass is 10.1. The number of rotatable bonds is 9. The van der Waals surface area contributed by atoms with Crippen LogP contribution in [-0.2, 0) is 10.0 Å². The molecule has 6 nitrogen and oxygen atoms in total. The maximum atomic E-state index is 12.7. The number of benzene rings is 1. The van der Waals surface area contributed by atoms with Gasteiger partial charge in [0.2, 0.25) is 10.0 Å². The van der Waals surface area contributed by atoms with Crippen LogP contribution in [0, 0.1) is 0 Å². The van der Waals surface area contributed by atoms with E-state index in [9.17, 15) is 13.2 Å². The lowest BCUT2D eigenvalue weighted by molar-refractivity contribution is -0.717. The normalized spacial score (nSPS) is 12.4. The van der Waals surface area contributed by atoms with Crippen molar-refractivity contribution in [1.82, 2.24) is 9.62 Å². The molecule has 0 heterocycles. The van der Waals surface area contributed by atoms with Crippen molar-refractivity contribution in [2.75, 3.05) is 26.2 Å². The summed E-state index contributed by atoms with van der Waals surface area (Å²) >= 11 is 6.09. The SMILES string of the molecule is CCN(CC)S(=O)(=O)c1cc(C(=O)NCCC[NH2+]C(C)(C)C)ccc1Cl. The van der Waals surface area contributed by atoms with Crippen molar-refractivity contribution >= 4 is 27.5 Å². The van der Waals surface area contributed by atoms with Crippen LogP contribution in [0.1, 0.15) is 51.4 Å². The predicted octanol–water partition coefficient (Wildman–Crippen LogP) is 1.85. The van der Waals surface area contributed by atoms with Gasteiger partial charge >= 0.3 is 0 Å². The third kappa shape index (κ3) is 6.54. The van der Waals surface area contributed by atoms with E-state index >= 15 is 0 Å². The highest BCUT2D eigenvalue weighted by Crippen LogP contribution is 2.25. The minimum absolute atomic E-state index is 0.0309. The van der Waals surface area contributed by atoms with Crippen LogP contribution in [0.2, 0.25) is 5.02 Å². The molecular formula is C18H31ClN3O3S+. The van der Waals surface area contributed by atoms with E-state index in [1.54, 1.807) is 19.9 Å². The molecule has 1 rings (SSSR count). The largest absolute Gasteiger partial charge is 0.352 e. The molecule has 0 fully saturated rings. The zero-order valence-corrected chi connectivity index (χ0v) is 17.9. The molecule has 0 aromatic heterocycles. The summed E-state index contributed by atoms with van der Waals surface area (Å²) in [5, 5.41) is 5.17. The smallest absolute Gasteiger partial charge is 0.251 e. The van der Waals surface area contributed by atoms with E-state index in [0.29, 0.717) is 25.2 Å². The Kier molecular flexibility index (Phi) is 8.53. The van der Waals surface area contributed by atoms with Crippen molar-refractivity contribution in [2.45, 2.75) is 51.5 Å². The van der Waals surface area contributed by atoms with Gasteiger partial charge in [-0.3, -0.25) is 4.79 Å². The van der Waals surface area contributed by atoms with Gasteiger partial charge in [0.25, 0.3) is 5.91 Å². The molecule has 0 saturated heterocycles. The first-order valence-electron chi connectivity index (χ1n) is 8.95. The minimum Gasteiger partial charge on any atom is -0.352 e. The maximum absolute atomic E-state index is 12.7. The summed E-state index contributed by atoms with van der Waals surface area (Å²) in [4.78, 5) is 12.3. The van der Waals surface area contributed by atoms with Gasteiger partial charge in [-0.2, -0.15) is 4.31 Å². The minimum atomic E-state index is -3.72. The molecule has 26 heavy (non-hydrogen) atoms. The molecule has 0 aliphatic heterocycles. The molecule has 1 amide bonds. The van der Waals surface area contributed by atoms with E-state index < -0.39 is 10.0 Å². The highest BCUT2D eigenvalue weighted by Gasteiger charge is 2.25. The molecule has 0 atom stereocenters. The van der Waals surface area contributed by atoms with Gasteiger partial charge in [0, 0.05) is 31.6 Å². The zero-order valence-electron chi connectivity index (χ0n) is 16.3. The van der Waals surface area contributed by atoms with Gasteiger partial charge in [-0.1, -0.05) is 25.4 Å². The molecule has 1 aromatic rings. The Labute approximate surface area is 162 Å². The Morgan fingerprint density at radius 3 is 2.38 bits per heavy atom. The Hall–Kier alpha value is -1.15. The molecule has 0 aliphatic rings. The van der Waals surface area contributed by atoms with Crippen LogP contribution < -0.4 is 10.6 Å². The van der Waals surface area contributed by atoms with Gasteiger partial charge in [-0.25, -0.2) is 8.42 Å². The number of hydrogen-bond donors (Lipinski definition) is 2. The maximum Gasteiger partial charge on any atom is 0.251 e. The van der Waals surface area contributed by atoms with Crippen molar-refractivity contribution in [3.8, 4) is 0 Å². The molecule has 0 unspecified atom stereocenters. The van der Waals surface area contributed by atoms with Crippen LogP contribution in [0.5, 0.6) is 0 Å². The summed E-state index contributed by atoms with van der Waals surface area (Å²) in [6.45, 7) is 12.1. The van der Waals surface area contributed by atoms with Crippen molar-refractivity contribution in [3.63, 3.8) is 0 Å². The van der Waals surface area contributed by atoms with E-state index in [4.69, 9.17) is 11.6 Å². The van der Waals surface area contributed by atoms with Crippen LogP contribution in [0.4, 0.5) is 0 Å². The number of sulfonamides is 1. The van der Waals surface area contributed by atoms with Gasteiger partial charge < -0.3 is 10.6 Å². The average Bonchev–Trinajstić information content (AvgIpc) is 2.54. The van der Waals surface area contributed by atoms with Crippen molar-refractivity contribution in [3.05, 3.63) is 28.8 Å². The van der Waals surface area contributed by atoms with E-state index in [2.05, 4.69) is 31.4 Å². The second-order valence-corrected chi connectivity index (χ2v) is 9.52. The number of carbonyl (C=O) groups is 1. The monoisotopic (exact) mass is 404 g/mol. The molecule has 0 aliphatic carbocycles. The highest BCUT2D eigenvalue weighted by molar-refractivity contribution is 7.89. The van der Waals surface area contributed by atoms with Gasteiger partial charge in [0.05, 0.1) is 17.1 Å². The summed E-state index contributed by atoms with van der Waals surface area (Å²) in [5.41, 5.74) is 0.452. The average molecular weight is 405 g/mol. The van der Waals surface area contributed by atoms with Crippen molar-refractivity contribution < 1.29 is 18.5 Å². The van der Waals surface area contributed by atoms with Gasteiger partial charge in [-0.05, 0) is 39.0 Å². The third-order valence-corrected chi connectivity index (χ3v) is 6.47. The molecule has 0 bridgehead atoms. The number of nitrogens with zero attached hydrogens (tertiary/aromatic N) is 1. The van der Waals surface area contributed by atoms with Gasteiger partial charge in [-0.15, -0.1) is 0 Å². The number of amides is 1. The Morgan fingerprint density at radius 1 is 1.23 bits per heavy atom. The first-order chi connectivity index (χ1) is 12.0. The van der Waals surface area contributed by atoms with Crippen LogP contribution in [-0.4, -0.2) is 50.3 Å². The second-order valence-electron chi connectivity index (χ2n) is 7.20. The number of hydrogen-bond acceptors (Lipinski definition) is 3. The standard InChI is InChI=1S/C18H30ClN3O3S/c1-6-22(7-2)26(24,25)16-13-14(9-10-15(16)19)17(23)20-11-8-12-21-18(3,4)5/h9-10,13,21H,6-8,11-12H2,1-5H3,(H,20,23)/p+1. The molecule has 8 heteroatoms. The quantitative estimate of drug-likeness (QED) is 0.616. The van der Waals surface area contributed by atoms with E-state index in [1.807, 2.05) is 0 Å². The van der Waals surface area contributed by atoms with E-state index in [-0.39, 0.29) is 21.4 Å². The molecular weight excluding hydrogens is 374 g/mol. The number of halogens is 1. The number of quaternary nitrogens is 1. The molecule has 0 spiro atoms. The lowest BCUT2D eigenvalue weighted by Gasteiger charge is -2.19. The summed E-state index contributed by atoms with van der Waals surface area (Å²) in [7, 11) is -3.72. The fourth-order valence-corrected chi connectivity index (χ4v) is 4.44. The number of carbonyl (C=O) groups excluding carboxylic acids is 1. The second kappa shape index (κ2) is 9.69. The highest BCUT2D eigenvalue weighted by atomic mass is 35.5. The van der Waals surface area contributed by atoms with Crippen LogP contribution in [0.15, 0.2) is 23.1 Å². The van der Waals surface area contributed by atoms with Gasteiger partial charge in [0.15, 0.2) is 0 Å². The summed E-state index contributed by atoms with van der Waals surface area (Å²) in [6.07, 6.45) is 0.835. The van der Waals surface area contributed by atoms with E-state index in [1.165, 1.54) is 16.4 Å².